The summed E-state index contributed by atoms with van der Waals surface area (Å²) in [4.78, 5) is 11.7. The van der Waals surface area contributed by atoms with E-state index < -0.39 is 0 Å². The van der Waals surface area contributed by atoms with Gasteiger partial charge in [0.15, 0.2) is 6.61 Å². The summed E-state index contributed by atoms with van der Waals surface area (Å²) in [5, 5.41) is 2.83. The lowest BCUT2D eigenvalue weighted by atomic mass is 10.1. The largest absolute Gasteiger partial charge is 0.484 e. The highest BCUT2D eigenvalue weighted by molar-refractivity contribution is 5.77. The second-order valence-corrected chi connectivity index (χ2v) is 4.74. The Kier molecular flexibility index (Phi) is 5.79. The second-order valence-electron chi connectivity index (χ2n) is 4.74. The van der Waals surface area contributed by atoms with E-state index in [1.54, 1.807) is 0 Å². The number of rotatable bonds is 7. The molecule has 0 unspecified atom stereocenters. The molecule has 0 radical (unpaired) electrons. The van der Waals surface area contributed by atoms with Gasteiger partial charge in [-0.3, -0.25) is 4.79 Å². The Bertz CT molecular complexity index is 570. The molecule has 2 aromatic carbocycles. The highest BCUT2D eigenvalue weighted by Crippen LogP contribution is 2.13. The van der Waals surface area contributed by atoms with Gasteiger partial charge in [0, 0.05) is 6.54 Å². The summed E-state index contributed by atoms with van der Waals surface area (Å²) in [6.45, 7) is 1.12. The molecule has 0 heterocycles. The zero-order valence-corrected chi connectivity index (χ0v) is 11.9. The van der Waals surface area contributed by atoms with Crippen LogP contribution in [0.3, 0.4) is 0 Å². The Balaban J connectivity index is 1.77. The second kappa shape index (κ2) is 8.07. The standard InChI is InChI=1S/C17H20N2O2/c18-10-9-14-7-4-8-16(11-14)21-13-17(20)19-12-15-5-2-1-3-6-15/h1-8,11H,9-10,12-13,18H2,(H,19,20). The Hall–Kier alpha value is -2.33. The summed E-state index contributed by atoms with van der Waals surface area (Å²) in [5.41, 5.74) is 7.70. The van der Waals surface area contributed by atoms with Crippen LogP contribution in [0.2, 0.25) is 0 Å². The van der Waals surface area contributed by atoms with Crippen molar-refractivity contribution in [1.82, 2.24) is 5.32 Å². The van der Waals surface area contributed by atoms with E-state index >= 15 is 0 Å². The molecule has 0 saturated heterocycles. The van der Waals surface area contributed by atoms with Crippen molar-refractivity contribution in [1.29, 1.82) is 0 Å². The van der Waals surface area contributed by atoms with Crippen LogP contribution in [-0.4, -0.2) is 19.1 Å². The van der Waals surface area contributed by atoms with Gasteiger partial charge in [-0.25, -0.2) is 0 Å². The number of carbonyl (C=O) groups excluding carboxylic acids is 1. The zero-order valence-electron chi connectivity index (χ0n) is 11.9. The normalized spacial score (nSPS) is 10.1. The number of ether oxygens (including phenoxy) is 1. The maximum atomic E-state index is 11.7. The first-order valence-electron chi connectivity index (χ1n) is 7.00. The summed E-state index contributed by atoms with van der Waals surface area (Å²) in [6, 6.07) is 17.4. The predicted octanol–water partition coefficient (Wildman–Crippen LogP) is 1.88. The highest BCUT2D eigenvalue weighted by Gasteiger charge is 2.03. The number of amides is 1. The molecular weight excluding hydrogens is 264 g/mol. The number of hydrogen-bond acceptors (Lipinski definition) is 3. The molecule has 4 heteroatoms. The summed E-state index contributed by atoms with van der Waals surface area (Å²) < 4.78 is 5.49. The third-order valence-electron chi connectivity index (χ3n) is 3.03. The minimum absolute atomic E-state index is 0.0128. The van der Waals surface area contributed by atoms with Crippen LogP contribution in [-0.2, 0) is 17.8 Å². The SMILES string of the molecule is NCCc1cccc(OCC(=O)NCc2ccccc2)c1. The van der Waals surface area contributed by atoms with Gasteiger partial charge in [0.25, 0.3) is 5.91 Å². The molecule has 0 bridgehead atoms. The molecule has 0 spiro atoms. The van der Waals surface area contributed by atoms with Crippen LogP contribution in [0.15, 0.2) is 54.6 Å². The van der Waals surface area contributed by atoms with Crippen LogP contribution in [0.4, 0.5) is 0 Å². The molecule has 0 atom stereocenters. The van der Waals surface area contributed by atoms with Gasteiger partial charge in [0.2, 0.25) is 0 Å². The molecule has 0 fully saturated rings. The molecule has 0 saturated carbocycles. The van der Waals surface area contributed by atoms with Crippen LogP contribution >= 0.6 is 0 Å². The molecule has 4 nitrogen and oxygen atoms in total. The van der Waals surface area contributed by atoms with Crippen molar-refractivity contribution < 1.29 is 9.53 Å². The van der Waals surface area contributed by atoms with Gasteiger partial charge in [-0.2, -0.15) is 0 Å². The smallest absolute Gasteiger partial charge is 0.258 e. The molecular formula is C17H20N2O2. The van der Waals surface area contributed by atoms with Crippen molar-refractivity contribution in [2.24, 2.45) is 5.73 Å². The molecule has 1 amide bonds. The van der Waals surface area contributed by atoms with Crippen molar-refractivity contribution in [2.45, 2.75) is 13.0 Å². The molecule has 0 aliphatic rings. The predicted molar refractivity (Wildman–Crippen MR) is 83.0 cm³/mol. The Morgan fingerprint density at radius 2 is 1.81 bits per heavy atom. The lowest BCUT2D eigenvalue weighted by molar-refractivity contribution is -0.123. The first-order chi connectivity index (χ1) is 10.3. The van der Waals surface area contributed by atoms with E-state index in [1.807, 2.05) is 54.6 Å². The van der Waals surface area contributed by atoms with Crippen LogP contribution in [0.5, 0.6) is 5.75 Å². The Morgan fingerprint density at radius 1 is 1.05 bits per heavy atom. The lowest BCUT2D eigenvalue weighted by Gasteiger charge is -2.08. The fourth-order valence-corrected chi connectivity index (χ4v) is 1.95. The third kappa shape index (κ3) is 5.28. The molecule has 0 aromatic heterocycles. The topological polar surface area (TPSA) is 64.3 Å². The number of benzene rings is 2. The first kappa shape index (κ1) is 15.1. The van der Waals surface area contributed by atoms with E-state index in [0.717, 1.165) is 17.5 Å². The molecule has 21 heavy (non-hydrogen) atoms. The Morgan fingerprint density at radius 3 is 2.57 bits per heavy atom. The molecule has 0 aliphatic heterocycles. The minimum Gasteiger partial charge on any atom is -0.484 e. The van der Waals surface area contributed by atoms with E-state index in [9.17, 15) is 4.79 Å². The average molecular weight is 284 g/mol. The van der Waals surface area contributed by atoms with Gasteiger partial charge in [-0.1, -0.05) is 42.5 Å². The van der Waals surface area contributed by atoms with E-state index in [2.05, 4.69) is 5.32 Å². The van der Waals surface area contributed by atoms with Crippen molar-refractivity contribution in [3.05, 3.63) is 65.7 Å². The third-order valence-corrected chi connectivity index (χ3v) is 3.03. The van der Waals surface area contributed by atoms with Gasteiger partial charge >= 0.3 is 0 Å². The van der Waals surface area contributed by atoms with Crippen molar-refractivity contribution in [2.75, 3.05) is 13.2 Å². The van der Waals surface area contributed by atoms with Crippen molar-refractivity contribution in [3.8, 4) is 5.75 Å². The maximum absolute atomic E-state index is 11.7. The van der Waals surface area contributed by atoms with Gasteiger partial charge in [-0.05, 0) is 36.2 Å². The van der Waals surface area contributed by atoms with Gasteiger partial charge in [-0.15, -0.1) is 0 Å². The van der Waals surface area contributed by atoms with Gasteiger partial charge < -0.3 is 15.8 Å². The van der Waals surface area contributed by atoms with Crippen molar-refractivity contribution >= 4 is 5.91 Å². The van der Waals surface area contributed by atoms with Gasteiger partial charge in [0.05, 0.1) is 0 Å². The van der Waals surface area contributed by atoms with Crippen LogP contribution in [0.1, 0.15) is 11.1 Å². The fourth-order valence-electron chi connectivity index (χ4n) is 1.95. The number of carbonyl (C=O) groups is 1. The quantitative estimate of drug-likeness (QED) is 0.816. The van der Waals surface area contributed by atoms with Crippen LogP contribution in [0.25, 0.3) is 0 Å². The van der Waals surface area contributed by atoms with E-state index in [4.69, 9.17) is 10.5 Å². The first-order valence-corrected chi connectivity index (χ1v) is 7.00. The van der Waals surface area contributed by atoms with Crippen molar-refractivity contribution in [3.63, 3.8) is 0 Å². The summed E-state index contributed by atoms with van der Waals surface area (Å²) >= 11 is 0. The van der Waals surface area contributed by atoms with E-state index in [-0.39, 0.29) is 12.5 Å². The fraction of sp³-hybridized carbons (Fsp3) is 0.235. The monoisotopic (exact) mass is 284 g/mol. The Labute approximate surface area is 124 Å². The summed E-state index contributed by atoms with van der Waals surface area (Å²) in [6.07, 6.45) is 0.803. The maximum Gasteiger partial charge on any atom is 0.258 e. The lowest BCUT2D eigenvalue weighted by Crippen LogP contribution is -2.28. The van der Waals surface area contributed by atoms with E-state index in [0.29, 0.717) is 18.8 Å². The minimum atomic E-state index is -0.136. The summed E-state index contributed by atoms with van der Waals surface area (Å²) in [7, 11) is 0. The zero-order chi connectivity index (χ0) is 14.9. The molecule has 2 rings (SSSR count). The average Bonchev–Trinajstić information content (AvgIpc) is 2.53. The summed E-state index contributed by atoms with van der Waals surface area (Å²) in [5.74, 6) is 0.555. The highest BCUT2D eigenvalue weighted by atomic mass is 16.5. The molecule has 3 N–H and O–H groups in total. The molecule has 110 valence electrons. The number of hydrogen-bond donors (Lipinski definition) is 2. The number of nitrogens with one attached hydrogen (secondary N) is 1. The van der Waals surface area contributed by atoms with Gasteiger partial charge in [0.1, 0.15) is 5.75 Å². The number of nitrogens with two attached hydrogens (primary N) is 1. The molecule has 2 aromatic rings. The van der Waals surface area contributed by atoms with E-state index in [1.165, 1.54) is 0 Å². The van der Waals surface area contributed by atoms with Crippen LogP contribution < -0.4 is 15.8 Å². The molecule has 0 aliphatic carbocycles. The van der Waals surface area contributed by atoms with Crippen LogP contribution in [0, 0.1) is 0 Å².